The third-order valence-corrected chi connectivity index (χ3v) is 4.77. The fourth-order valence-electron chi connectivity index (χ4n) is 1.01. The van der Waals surface area contributed by atoms with Crippen LogP contribution < -0.4 is 5.14 Å². The number of thiophene rings is 1. The number of ether oxygens (including phenoxy) is 1. The molecular formula is C7H10BrNO3S2. The molecule has 0 fully saturated rings. The summed E-state index contributed by atoms with van der Waals surface area (Å²) in [5, 5.41) is 5.06. The summed E-state index contributed by atoms with van der Waals surface area (Å²) in [6.45, 7) is 0.478. The normalized spacial score (nSPS) is 11.9. The molecule has 0 unspecified atom stereocenters. The second kappa shape index (κ2) is 4.71. The third kappa shape index (κ3) is 3.03. The smallest absolute Gasteiger partial charge is 0.247 e. The van der Waals surface area contributed by atoms with E-state index in [9.17, 15) is 8.42 Å². The van der Waals surface area contributed by atoms with Crippen LogP contribution in [0.3, 0.4) is 0 Å². The lowest BCUT2D eigenvalue weighted by Gasteiger charge is -1.99. The van der Waals surface area contributed by atoms with Crippen LogP contribution in [0.15, 0.2) is 14.1 Å². The van der Waals surface area contributed by atoms with Gasteiger partial charge >= 0.3 is 0 Å². The molecule has 0 aliphatic rings. The molecule has 80 valence electrons. The van der Waals surface area contributed by atoms with Crippen molar-refractivity contribution in [2.24, 2.45) is 5.14 Å². The topological polar surface area (TPSA) is 69.4 Å². The summed E-state index contributed by atoms with van der Waals surface area (Å²) in [6, 6.07) is 1.75. The minimum Gasteiger partial charge on any atom is -0.384 e. The van der Waals surface area contributed by atoms with E-state index in [1.54, 1.807) is 13.2 Å². The molecule has 7 heteroatoms. The Hall–Kier alpha value is 0.0500. The fraction of sp³-hybridized carbons (Fsp3) is 0.429. The lowest BCUT2D eigenvalue weighted by molar-refractivity contribution is 0.202. The Morgan fingerprint density at radius 1 is 1.64 bits per heavy atom. The molecule has 0 aliphatic heterocycles. The van der Waals surface area contributed by atoms with Gasteiger partial charge in [-0.25, -0.2) is 13.6 Å². The first-order chi connectivity index (χ1) is 6.45. The van der Waals surface area contributed by atoms with Gasteiger partial charge in [0.05, 0.1) is 10.4 Å². The molecule has 4 nitrogen and oxygen atoms in total. The molecule has 0 spiro atoms. The number of sulfonamides is 1. The van der Waals surface area contributed by atoms with Gasteiger partial charge < -0.3 is 4.74 Å². The monoisotopic (exact) mass is 299 g/mol. The number of primary sulfonamides is 1. The van der Waals surface area contributed by atoms with Crippen LogP contribution in [-0.2, 0) is 21.2 Å². The van der Waals surface area contributed by atoms with Crippen molar-refractivity contribution in [3.63, 3.8) is 0 Å². The van der Waals surface area contributed by atoms with Crippen LogP contribution in [0.1, 0.15) is 5.56 Å². The Balaban J connectivity index is 3.04. The molecule has 0 atom stereocenters. The maximum absolute atomic E-state index is 11.2. The average Bonchev–Trinajstić information content (AvgIpc) is 2.42. The zero-order chi connectivity index (χ0) is 10.8. The van der Waals surface area contributed by atoms with Crippen molar-refractivity contribution >= 4 is 37.3 Å². The standard InChI is InChI=1S/C7H10BrNO3S2/c1-12-3-2-5-4-6(8)13-7(5)14(9,10)11/h4H,2-3H2,1H3,(H2,9,10,11). The quantitative estimate of drug-likeness (QED) is 0.912. The molecule has 2 N–H and O–H groups in total. The zero-order valence-electron chi connectivity index (χ0n) is 7.49. The Labute approximate surface area is 95.2 Å². The van der Waals surface area contributed by atoms with Crippen LogP contribution >= 0.6 is 27.3 Å². The van der Waals surface area contributed by atoms with Gasteiger partial charge in [0.25, 0.3) is 0 Å². The van der Waals surface area contributed by atoms with E-state index in [2.05, 4.69) is 15.9 Å². The summed E-state index contributed by atoms with van der Waals surface area (Å²) in [7, 11) is -2.04. The summed E-state index contributed by atoms with van der Waals surface area (Å²) >= 11 is 4.34. The largest absolute Gasteiger partial charge is 0.384 e. The zero-order valence-corrected chi connectivity index (χ0v) is 10.7. The number of hydrogen-bond donors (Lipinski definition) is 1. The molecule has 0 radical (unpaired) electrons. The Morgan fingerprint density at radius 3 is 2.79 bits per heavy atom. The summed E-state index contributed by atoms with van der Waals surface area (Å²) in [5.74, 6) is 0. The van der Waals surface area contributed by atoms with E-state index in [4.69, 9.17) is 9.88 Å². The first kappa shape index (κ1) is 12.1. The SMILES string of the molecule is COCCc1cc(Br)sc1S(N)(=O)=O. The van der Waals surface area contributed by atoms with Crippen LogP contribution in [0.2, 0.25) is 0 Å². The van der Waals surface area contributed by atoms with Gasteiger partial charge in [-0.15, -0.1) is 11.3 Å². The summed E-state index contributed by atoms with van der Waals surface area (Å²) in [5.41, 5.74) is 0.700. The van der Waals surface area contributed by atoms with Crippen LogP contribution in [0.5, 0.6) is 0 Å². The predicted molar refractivity (Wildman–Crippen MR) is 59.0 cm³/mol. The Bertz CT molecular complexity index is 413. The van der Waals surface area contributed by atoms with E-state index in [0.29, 0.717) is 18.6 Å². The van der Waals surface area contributed by atoms with E-state index in [-0.39, 0.29) is 4.21 Å². The maximum atomic E-state index is 11.2. The molecule has 0 aromatic carbocycles. The highest BCUT2D eigenvalue weighted by Crippen LogP contribution is 2.30. The van der Waals surface area contributed by atoms with Crippen molar-refractivity contribution in [3.8, 4) is 0 Å². The van der Waals surface area contributed by atoms with Crippen molar-refractivity contribution < 1.29 is 13.2 Å². The van der Waals surface area contributed by atoms with Crippen molar-refractivity contribution in [1.82, 2.24) is 0 Å². The molecule has 1 aromatic rings. The van der Waals surface area contributed by atoms with Gasteiger partial charge in [0, 0.05) is 7.11 Å². The summed E-state index contributed by atoms with van der Waals surface area (Å²) in [6.07, 6.45) is 0.546. The first-order valence-electron chi connectivity index (χ1n) is 3.75. The Kier molecular flexibility index (Phi) is 4.08. The minimum atomic E-state index is -3.61. The van der Waals surface area contributed by atoms with Crippen LogP contribution in [0, 0.1) is 0 Å². The average molecular weight is 300 g/mol. The highest BCUT2D eigenvalue weighted by Gasteiger charge is 2.17. The van der Waals surface area contributed by atoms with Gasteiger partial charge in [0.15, 0.2) is 0 Å². The second-order valence-corrected chi connectivity index (χ2v) is 6.84. The third-order valence-electron chi connectivity index (χ3n) is 1.57. The maximum Gasteiger partial charge on any atom is 0.247 e. The van der Waals surface area contributed by atoms with Crippen molar-refractivity contribution in [1.29, 1.82) is 0 Å². The molecule has 1 rings (SSSR count). The highest BCUT2D eigenvalue weighted by molar-refractivity contribution is 9.11. The molecule has 14 heavy (non-hydrogen) atoms. The number of rotatable bonds is 4. The van der Waals surface area contributed by atoms with Gasteiger partial charge in [-0.05, 0) is 34.0 Å². The molecule has 0 bridgehead atoms. The van der Waals surface area contributed by atoms with Crippen LogP contribution in [0.4, 0.5) is 0 Å². The van der Waals surface area contributed by atoms with Gasteiger partial charge in [0.2, 0.25) is 10.0 Å². The number of hydrogen-bond acceptors (Lipinski definition) is 4. The predicted octanol–water partition coefficient (Wildman–Crippen LogP) is 1.35. The van der Waals surface area contributed by atoms with Gasteiger partial charge in [0.1, 0.15) is 4.21 Å². The van der Waals surface area contributed by atoms with E-state index in [1.807, 2.05) is 0 Å². The Morgan fingerprint density at radius 2 is 2.29 bits per heavy atom. The van der Waals surface area contributed by atoms with Crippen LogP contribution in [-0.4, -0.2) is 22.1 Å². The lowest BCUT2D eigenvalue weighted by atomic mass is 10.2. The molecule has 1 heterocycles. The van der Waals surface area contributed by atoms with E-state index in [1.165, 1.54) is 0 Å². The lowest BCUT2D eigenvalue weighted by Crippen LogP contribution is -2.12. The number of nitrogens with two attached hydrogens (primary N) is 1. The fourth-order valence-corrected chi connectivity index (χ4v) is 4.02. The van der Waals surface area contributed by atoms with Gasteiger partial charge in [-0.1, -0.05) is 0 Å². The van der Waals surface area contributed by atoms with Gasteiger partial charge in [-0.2, -0.15) is 0 Å². The summed E-state index contributed by atoms with van der Waals surface area (Å²) in [4.78, 5) is 0. The molecular weight excluding hydrogens is 290 g/mol. The molecule has 0 amide bonds. The first-order valence-corrected chi connectivity index (χ1v) is 6.90. The minimum absolute atomic E-state index is 0.210. The van der Waals surface area contributed by atoms with Crippen molar-refractivity contribution in [3.05, 3.63) is 15.4 Å². The van der Waals surface area contributed by atoms with Gasteiger partial charge in [-0.3, -0.25) is 0 Å². The highest BCUT2D eigenvalue weighted by atomic mass is 79.9. The van der Waals surface area contributed by atoms with E-state index in [0.717, 1.165) is 15.1 Å². The summed E-state index contributed by atoms with van der Waals surface area (Å²) < 4.78 is 28.2. The molecule has 0 saturated carbocycles. The molecule has 0 aliphatic carbocycles. The van der Waals surface area contributed by atoms with E-state index >= 15 is 0 Å². The number of halogens is 1. The molecule has 1 aromatic heterocycles. The molecule has 0 saturated heterocycles. The van der Waals surface area contributed by atoms with Crippen molar-refractivity contribution in [2.75, 3.05) is 13.7 Å². The van der Waals surface area contributed by atoms with Crippen LogP contribution in [0.25, 0.3) is 0 Å². The van der Waals surface area contributed by atoms with Crippen molar-refractivity contribution in [2.45, 2.75) is 10.6 Å². The number of methoxy groups -OCH3 is 1. The van der Waals surface area contributed by atoms with E-state index < -0.39 is 10.0 Å². The second-order valence-electron chi connectivity index (χ2n) is 2.65.